The van der Waals surface area contributed by atoms with Crippen LogP contribution in [0, 0.1) is 17.3 Å². The molecule has 2 heteroatoms. The lowest BCUT2D eigenvalue weighted by atomic mass is 9.76. The quantitative estimate of drug-likeness (QED) is 0.516. The molecule has 3 unspecified atom stereocenters. The Hall–Kier alpha value is 0.250. The molecule has 3 atom stereocenters. The summed E-state index contributed by atoms with van der Waals surface area (Å²) in [6, 6.07) is 0. The Bertz CT molecular complexity index is 202. The van der Waals surface area contributed by atoms with Crippen LogP contribution in [0.2, 0.25) is 0 Å². The predicted octanol–water partition coefficient (Wildman–Crippen LogP) is 2.84. The molecule has 0 radical (unpaired) electrons. The van der Waals surface area contributed by atoms with E-state index < -0.39 is 0 Å². The highest BCUT2D eigenvalue weighted by atomic mass is 35.5. The van der Waals surface area contributed by atoms with Gasteiger partial charge in [0.2, 0.25) is 0 Å². The molecule has 2 bridgehead atoms. The van der Waals surface area contributed by atoms with Crippen molar-refractivity contribution in [2.75, 3.05) is 7.05 Å². The van der Waals surface area contributed by atoms with E-state index in [9.17, 15) is 0 Å². The van der Waals surface area contributed by atoms with Crippen LogP contribution in [-0.2, 0) is 0 Å². The summed E-state index contributed by atoms with van der Waals surface area (Å²) in [6.45, 7) is 7.29. The molecule has 1 nitrogen and oxygen atoms in total. The van der Waals surface area contributed by atoms with Gasteiger partial charge in [0.15, 0.2) is 0 Å². The highest BCUT2D eigenvalue weighted by Crippen LogP contribution is 2.60. The fourth-order valence-corrected chi connectivity index (χ4v) is 3.64. The van der Waals surface area contributed by atoms with Crippen LogP contribution in [0.1, 0.15) is 40.0 Å². The lowest BCUT2D eigenvalue weighted by molar-refractivity contribution is 0.0732. The van der Waals surface area contributed by atoms with E-state index in [-0.39, 0.29) is 12.4 Å². The van der Waals surface area contributed by atoms with Gasteiger partial charge < -0.3 is 5.32 Å². The molecule has 2 aliphatic rings. The number of halogens is 1. The van der Waals surface area contributed by atoms with Crippen molar-refractivity contribution in [1.82, 2.24) is 5.32 Å². The Morgan fingerprint density at radius 3 is 1.92 bits per heavy atom. The molecule has 0 aliphatic heterocycles. The first-order valence-electron chi connectivity index (χ1n) is 5.21. The molecular weight excluding hydrogens is 187 g/mol. The molecule has 0 saturated heterocycles. The molecule has 0 spiro atoms. The van der Waals surface area contributed by atoms with Gasteiger partial charge in [0.05, 0.1) is 0 Å². The minimum absolute atomic E-state index is 0. The van der Waals surface area contributed by atoms with E-state index in [1.54, 1.807) is 0 Å². The summed E-state index contributed by atoms with van der Waals surface area (Å²) in [5.74, 6) is 1.91. The first-order valence-corrected chi connectivity index (χ1v) is 5.21. The van der Waals surface area contributed by atoms with Gasteiger partial charge in [0.1, 0.15) is 0 Å². The summed E-state index contributed by atoms with van der Waals surface area (Å²) < 4.78 is 0. The Kier molecular flexibility index (Phi) is 2.73. The van der Waals surface area contributed by atoms with Gasteiger partial charge >= 0.3 is 0 Å². The lowest BCUT2D eigenvalue weighted by Crippen LogP contribution is -2.55. The second-order valence-electron chi connectivity index (χ2n) is 5.38. The highest BCUT2D eigenvalue weighted by molar-refractivity contribution is 5.85. The van der Waals surface area contributed by atoms with Crippen LogP contribution in [0.4, 0.5) is 0 Å². The zero-order valence-electron chi connectivity index (χ0n) is 9.18. The van der Waals surface area contributed by atoms with Crippen molar-refractivity contribution < 1.29 is 0 Å². The standard InChI is InChI=1S/C11H21N.ClH/c1-10(2)8-5-6-9(7-8)11(10,3)12-4;/h8-9,12H,5-7H2,1-4H3;1H/i1+1,2+1,3+1,4+1,12+1;. The zero-order valence-corrected chi connectivity index (χ0v) is 10.0. The number of nitrogens with one attached hydrogen (secondary N) is 1. The maximum Gasteiger partial charge on any atom is 0.0232 e. The number of hydrogen-bond donors (Lipinski definition) is 1. The van der Waals surface area contributed by atoms with Gasteiger partial charge in [0.25, 0.3) is 0 Å². The molecule has 13 heavy (non-hydrogen) atoms. The largest absolute Gasteiger partial charge is 0.314 e. The lowest BCUT2D eigenvalue weighted by Gasteiger charge is -2.47. The second-order valence-corrected chi connectivity index (χ2v) is 5.38. The molecule has 78 valence electrons. The van der Waals surface area contributed by atoms with Gasteiger partial charge in [-0.3, -0.25) is 0 Å². The van der Waals surface area contributed by atoms with E-state index in [0.717, 1.165) is 11.8 Å². The topological polar surface area (TPSA) is 12.0 Å². The Labute approximate surface area is 88.1 Å². The molecule has 0 aromatic rings. The predicted molar refractivity (Wildman–Crippen MR) is 59.3 cm³/mol. The van der Waals surface area contributed by atoms with E-state index >= 15 is 0 Å². The van der Waals surface area contributed by atoms with Gasteiger partial charge in [-0.1, -0.05) is 13.8 Å². The first-order chi connectivity index (χ1) is 5.52. The number of hydrogen-bond acceptors (Lipinski definition) is 1. The zero-order chi connectivity index (χ0) is 8.98. The SMILES string of the molecule is Cl.[13CH3][15NH]C1([13CH3])C2CCC(C2)C1([13CH3])[13CH3]. The first kappa shape index (κ1) is 11.3. The third-order valence-electron chi connectivity index (χ3n) is 5.13. The molecule has 2 rings (SSSR count). The Morgan fingerprint density at radius 1 is 1.08 bits per heavy atom. The fraction of sp³-hybridized carbons (Fsp3) is 1.00. The van der Waals surface area contributed by atoms with Gasteiger partial charge in [-0.15, -0.1) is 12.4 Å². The molecule has 0 aromatic carbocycles. The molecule has 0 heterocycles. The Balaban J connectivity index is 0.000000845. The van der Waals surface area contributed by atoms with Gasteiger partial charge in [-0.2, -0.15) is 0 Å². The van der Waals surface area contributed by atoms with Gasteiger partial charge in [-0.25, -0.2) is 0 Å². The van der Waals surface area contributed by atoms with E-state index in [1.807, 2.05) is 0 Å². The highest BCUT2D eigenvalue weighted by Gasteiger charge is 2.59. The minimum Gasteiger partial charge on any atom is -0.314 e. The van der Waals surface area contributed by atoms with Crippen LogP contribution in [0.5, 0.6) is 0 Å². The van der Waals surface area contributed by atoms with Crippen LogP contribution < -0.4 is 5.32 Å². The molecule has 2 saturated carbocycles. The van der Waals surface area contributed by atoms with Crippen molar-refractivity contribution in [1.29, 1.82) is 0 Å². The van der Waals surface area contributed by atoms with Crippen LogP contribution in [0.15, 0.2) is 0 Å². The van der Waals surface area contributed by atoms with E-state index in [1.165, 1.54) is 19.3 Å². The van der Waals surface area contributed by atoms with Crippen LogP contribution in [0.3, 0.4) is 0 Å². The Morgan fingerprint density at radius 2 is 1.62 bits per heavy atom. The van der Waals surface area contributed by atoms with Crippen LogP contribution in [-0.4, -0.2) is 12.6 Å². The van der Waals surface area contributed by atoms with Crippen molar-refractivity contribution in [3.63, 3.8) is 0 Å². The average molecular weight is 209 g/mol. The normalized spacial score (nSPS) is 46.2. The van der Waals surface area contributed by atoms with E-state index in [0.29, 0.717) is 11.0 Å². The monoisotopic (exact) mass is 208 g/mol. The molecule has 0 aromatic heterocycles. The van der Waals surface area contributed by atoms with E-state index in [2.05, 4.69) is 33.1 Å². The van der Waals surface area contributed by atoms with Crippen molar-refractivity contribution in [3.8, 4) is 0 Å². The molecule has 2 fully saturated rings. The van der Waals surface area contributed by atoms with E-state index in [4.69, 9.17) is 0 Å². The molecule has 0 amide bonds. The van der Waals surface area contributed by atoms with Crippen molar-refractivity contribution in [2.45, 2.75) is 45.6 Å². The summed E-state index contributed by atoms with van der Waals surface area (Å²) in [5, 5.41) is 3.56. The van der Waals surface area contributed by atoms with Crippen molar-refractivity contribution in [2.24, 2.45) is 17.3 Å². The summed E-state index contributed by atoms with van der Waals surface area (Å²) in [7, 11) is 2.13. The summed E-state index contributed by atoms with van der Waals surface area (Å²) in [6.07, 6.45) is 4.38. The summed E-state index contributed by atoms with van der Waals surface area (Å²) >= 11 is 0. The third kappa shape index (κ3) is 1.16. The van der Waals surface area contributed by atoms with Crippen molar-refractivity contribution >= 4 is 12.4 Å². The van der Waals surface area contributed by atoms with Gasteiger partial charge in [0, 0.05) is 5.54 Å². The second kappa shape index (κ2) is 3.13. The average Bonchev–Trinajstić information content (AvgIpc) is 2.55. The van der Waals surface area contributed by atoms with Gasteiger partial charge in [-0.05, 0) is 50.5 Å². The molecule has 2 aliphatic carbocycles. The fourth-order valence-electron chi connectivity index (χ4n) is 3.64. The molecule has 1 N–H and O–H groups in total. The van der Waals surface area contributed by atoms with Crippen LogP contribution >= 0.6 is 12.4 Å². The van der Waals surface area contributed by atoms with Crippen molar-refractivity contribution in [3.05, 3.63) is 0 Å². The smallest absolute Gasteiger partial charge is 0.0232 e. The maximum atomic E-state index is 3.56. The molecular formula is C11H22ClN. The maximum absolute atomic E-state index is 3.56. The van der Waals surface area contributed by atoms with Crippen LogP contribution in [0.25, 0.3) is 0 Å². The summed E-state index contributed by atoms with van der Waals surface area (Å²) in [4.78, 5) is 0. The summed E-state index contributed by atoms with van der Waals surface area (Å²) in [5.41, 5.74) is 0.903. The third-order valence-corrected chi connectivity index (χ3v) is 5.13. The number of fused-ring (bicyclic) bond motifs is 2. The number of rotatable bonds is 1. The minimum atomic E-state index is 0.